The third-order valence-electron chi connectivity index (χ3n) is 2.31. The molecule has 1 N–H and O–H groups in total. The van der Waals surface area contributed by atoms with Crippen LogP contribution in [0.25, 0.3) is 0 Å². The van der Waals surface area contributed by atoms with Gasteiger partial charge in [-0.1, -0.05) is 6.92 Å². The molecule has 5 nitrogen and oxygen atoms in total. The Bertz CT molecular complexity index is 331. The Morgan fingerprint density at radius 2 is 1.78 bits per heavy atom. The molecule has 0 saturated carbocycles. The van der Waals surface area contributed by atoms with Crippen LogP contribution in [0.15, 0.2) is 4.42 Å². The Balaban J connectivity index is 2.21. The Morgan fingerprint density at radius 1 is 1.11 bits per heavy atom. The van der Waals surface area contributed by atoms with Gasteiger partial charge in [-0.3, -0.25) is 0 Å². The van der Waals surface area contributed by atoms with Crippen LogP contribution in [0.4, 0.5) is 0 Å². The second-order valence-electron chi connectivity index (χ2n) is 5.38. The lowest BCUT2D eigenvalue weighted by Crippen LogP contribution is -2.37. The van der Waals surface area contributed by atoms with Gasteiger partial charge in [-0.05, 0) is 27.2 Å². The minimum Gasteiger partial charge on any atom is -0.425 e. The lowest BCUT2D eigenvalue weighted by Gasteiger charge is -2.19. The van der Waals surface area contributed by atoms with Crippen molar-refractivity contribution < 1.29 is 9.15 Å². The fourth-order valence-electron chi connectivity index (χ4n) is 1.44. The average molecular weight is 255 g/mol. The monoisotopic (exact) mass is 255 g/mol. The van der Waals surface area contributed by atoms with E-state index in [1.165, 1.54) is 0 Å². The lowest BCUT2D eigenvalue weighted by molar-refractivity contribution is 0.133. The highest BCUT2D eigenvalue weighted by atomic mass is 16.5. The predicted octanol–water partition coefficient (Wildman–Crippen LogP) is 1.97. The molecule has 0 spiro atoms. The molecule has 0 aliphatic rings. The zero-order valence-corrected chi connectivity index (χ0v) is 12.0. The maximum absolute atomic E-state index is 5.54. The summed E-state index contributed by atoms with van der Waals surface area (Å²) in [4.78, 5) is 0. The van der Waals surface area contributed by atoms with Crippen molar-refractivity contribution in [3.05, 3.63) is 11.8 Å². The fraction of sp³-hybridized carbons (Fsp3) is 0.846. The van der Waals surface area contributed by atoms with Crippen LogP contribution in [-0.4, -0.2) is 35.5 Å². The van der Waals surface area contributed by atoms with E-state index in [-0.39, 0.29) is 5.54 Å². The van der Waals surface area contributed by atoms with E-state index in [0.717, 1.165) is 26.0 Å². The van der Waals surface area contributed by atoms with E-state index in [0.29, 0.717) is 24.8 Å². The van der Waals surface area contributed by atoms with E-state index in [1.807, 2.05) is 0 Å². The summed E-state index contributed by atoms with van der Waals surface area (Å²) in [5.41, 5.74) is 0.122. The van der Waals surface area contributed by atoms with Gasteiger partial charge in [0.05, 0.1) is 6.61 Å². The van der Waals surface area contributed by atoms with E-state index in [2.05, 4.69) is 43.2 Å². The molecule has 18 heavy (non-hydrogen) atoms. The molecule has 0 radical (unpaired) electrons. The summed E-state index contributed by atoms with van der Waals surface area (Å²) in [6.07, 6.45) is 2.49. The molecule has 0 saturated heterocycles. The van der Waals surface area contributed by atoms with E-state index < -0.39 is 0 Å². The van der Waals surface area contributed by atoms with Gasteiger partial charge in [0.15, 0.2) is 0 Å². The second kappa shape index (κ2) is 7.48. The van der Waals surface area contributed by atoms with Gasteiger partial charge in [-0.2, -0.15) is 0 Å². The van der Waals surface area contributed by atoms with E-state index >= 15 is 0 Å². The Kier molecular flexibility index (Phi) is 6.29. The van der Waals surface area contributed by atoms with Gasteiger partial charge in [0.1, 0.15) is 0 Å². The molecule has 0 amide bonds. The van der Waals surface area contributed by atoms with E-state index in [1.54, 1.807) is 0 Å². The Hall–Kier alpha value is -0.940. The number of nitrogens with zero attached hydrogens (tertiary/aromatic N) is 2. The molecule has 0 fully saturated rings. The number of hydrogen-bond donors (Lipinski definition) is 1. The van der Waals surface area contributed by atoms with Crippen LogP contribution in [0, 0.1) is 0 Å². The van der Waals surface area contributed by atoms with Gasteiger partial charge in [0.25, 0.3) is 0 Å². The Labute approximate surface area is 109 Å². The summed E-state index contributed by atoms with van der Waals surface area (Å²) in [6.45, 7) is 10.8. The molecule has 0 unspecified atom stereocenters. The summed E-state index contributed by atoms with van der Waals surface area (Å²) in [6, 6.07) is 0. The van der Waals surface area contributed by atoms with Crippen LogP contribution in [0.2, 0.25) is 0 Å². The molecule has 1 rings (SSSR count). The summed E-state index contributed by atoms with van der Waals surface area (Å²) in [7, 11) is 0. The normalized spacial score (nSPS) is 12.0. The highest BCUT2D eigenvalue weighted by Gasteiger charge is 2.10. The smallest absolute Gasteiger partial charge is 0.218 e. The number of aromatic nitrogens is 2. The largest absolute Gasteiger partial charge is 0.425 e. The Morgan fingerprint density at radius 3 is 2.39 bits per heavy atom. The zero-order valence-electron chi connectivity index (χ0n) is 12.0. The molecule has 5 heteroatoms. The van der Waals surface area contributed by atoms with Crippen LogP contribution >= 0.6 is 0 Å². The first-order chi connectivity index (χ1) is 8.51. The van der Waals surface area contributed by atoms with Gasteiger partial charge >= 0.3 is 0 Å². The SMILES string of the molecule is CCCOCCc1nnc(CCNC(C)(C)C)o1. The molecular weight excluding hydrogens is 230 g/mol. The minimum absolute atomic E-state index is 0.122. The van der Waals surface area contributed by atoms with Crippen LogP contribution in [0.3, 0.4) is 0 Å². The highest BCUT2D eigenvalue weighted by Crippen LogP contribution is 2.03. The summed E-state index contributed by atoms with van der Waals surface area (Å²) >= 11 is 0. The quantitative estimate of drug-likeness (QED) is 0.720. The standard InChI is InChI=1S/C13H25N3O2/c1-5-9-17-10-7-12-16-15-11(18-12)6-8-14-13(2,3)4/h14H,5-10H2,1-4H3. The van der Waals surface area contributed by atoms with Crippen LogP contribution in [0.5, 0.6) is 0 Å². The molecule has 0 aliphatic carbocycles. The third-order valence-corrected chi connectivity index (χ3v) is 2.31. The average Bonchev–Trinajstić information content (AvgIpc) is 2.71. The molecule has 0 aromatic carbocycles. The molecule has 0 atom stereocenters. The van der Waals surface area contributed by atoms with Gasteiger partial charge in [-0.25, -0.2) is 0 Å². The van der Waals surface area contributed by atoms with Crippen LogP contribution < -0.4 is 5.32 Å². The van der Waals surface area contributed by atoms with Crippen molar-refractivity contribution in [1.82, 2.24) is 15.5 Å². The molecular formula is C13H25N3O2. The number of hydrogen-bond acceptors (Lipinski definition) is 5. The van der Waals surface area contributed by atoms with Crippen molar-refractivity contribution >= 4 is 0 Å². The number of rotatable bonds is 8. The van der Waals surface area contributed by atoms with E-state index in [4.69, 9.17) is 9.15 Å². The van der Waals surface area contributed by atoms with Crippen molar-refractivity contribution in [2.75, 3.05) is 19.8 Å². The molecule has 1 aromatic rings. The third kappa shape index (κ3) is 6.71. The van der Waals surface area contributed by atoms with Crippen LogP contribution in [-0.2, 0) is 17.6 Å². The predicted molar refractivity (Wildman–Crippen MR) is 70.6 cm³/mol. The van der Waals surface area contributed by atoms with Crippen LogP contribution in [0.1, 0.15) is 45.9 Å². The maximum atomic E-state index is 5.54. The summed E-state index contributed by atoms with van der Waals surface area (Å²) in [5.74, 6) is 1.36. The summed E-state index contributed by atoms with van der Waals surface area (Å²) < 4.78 is 10.9. The maximum Gasteiger partial charge on any atom is 0.218 e. The molecule has 1 heterocycles. The topological polar surface area (TPSA) is 60.2 Å². The second-order valence-corrected chi connectivity index (χ2v) is 5.38. The van der Waals surface area contributed by atoms with Gasteiger partial charge in [0, 0.05) is 31.5 Å². The van der Waals surface area contributed by atoms with Crippen molar-refractivity contribution in [2.24, 2.45) is 0 Å². The lowest BCUT2D eigenvalue weighted by atomic mass is 10.1. The highest BCUT2D eigenvalue weighted by molar-refractivity contribution is 4.84. The zero-order chi connectivity index (χ0) is 13.4. The van der Waals surface area contributed by atoms with Gasteiger partial charge < -0.3 is 14.5 Å². The van der Waals surface area contributed by atoms with Crippen molar-refractivity contribution in [3.63, 3.8) is 0 Å². The first-order valence-corrected chi connectivity index (χ1v) is 6.65. The minimum atomic E-state index is 0.122. The van der Waals surface area contributed by atoms with E-state index in [9.17, 15) is 0 Å². The number of nitrogens with one attached hydrogen (secondary N) is 1. The first-order valence-electron chi connectivity index (χ1n) is 6.65. The van der Waals surface area contributed by atoms with Crippen molar-refractivity contribution in [1.29, 1.82) is 0 Å². The van der Waals surface area contributed by atoms with Gasteiger partial charge in [0.2, 0.25) is 11.8 Å². The number of ether oxygens (including phenoxy) is 1. The molecule has 0 bridgehead atoms. The van der Waals surface area contributed by atoms with Crippen molar-refractivity contribution in [2.45, 2.75) is 52.5 Å². The molecule has 0 aliphatic heterocycles. The van der Waals surface area contributed by atoms with Gasteiger partial charge in [-0.15, -0.1) is 10.2 Å². The summed E-state index contributed by atoms with van der Waals surface area (Å²) in [5, 5.41) is 11.4. The molecule has 104 valence electrons. The van der Waals surface area contributed by atoms with Crippen molar-refractivity contribution in [3.8, 4) is 0 Å². The fourth-order valence-corrected chi connectivity index (χ4v) is 1.44. The first kappa shape index (κ1) is 15.1. The molecule has 1 aromatic heterocycles.